The maximum absolute atomic E-state index is 12.1. The molecule has 2 aromatic rings. The highest BCUT2D eigenvalue weighted by molar-refractivity contribution is 7.87. The zero-order valence-electron chi connectivity index (χ0n) is 15.3. The number of hydrogen-bond acceptors (Lipinski definition) is 3. The summed E-state index contributed by atoms with van der Waals surface area (Å²) in [5.41, 5.74) is 2.68. The van der Waals surface area contributed by atoms with Crippen LogP contribution in [0.4, 0.5) is 0 Å². The molecule has 6 heteroatoms. The van der Waals surface area contributed by atoms with E-state index in [0.717, 1.165) is 32.7 Å². The molecule has 1 fully saturated rings. The zero-order valence-corrected chi connectivity index (χ0v) is 16.1. The predicted molar refractivity (Wildman–Crippen MR) is 102 cm³/mol. The van der Waals surface area contributed by atoms with Crippen molar-refractivity contribution in [3.8, 4) is 5.75 Å². The number of nitrogens with one attached hydrogen (secondary N) is 2. The molecular formula is C20H28N2O3S+2. The third kappa shape index (κ3) is 5.83. The highest BCUT2D eigenvalue weighted by Gasteiger charge is 2.25. The largest absolute Gasteiger partial charge is 0.382 e. The number of rotatable bonds is 7. The van der Waals surface area contributed by atoms with Crippen molar-refractivity contribution in [3.63, 3.8) is 0 Å². The average Bonchev–Trinajstić information content (AvgIpc) is 2.62. The first-order valence-electron chi connectivity index (χ1n) is 9.20. The fourth-order valence-corrected chi connectivity index (χ4v) is 4.45. The number of hydrogen-bond donors (Lipinski definition) is 2. The first kappa shape index (κ1) is 18.9. The van der Waals surface area contributed by atoms with Crippen molar-refractivity contribution in [2.45, 2.75) is 13.5 Å². The van der Waals surface area contributed by atoms with E-state index in [1.54, 1.807) is 29.2 Å². The molecule has 1 heterocycles. The summed E-state index contributed by atoms with van der Waals surface area (Å²) in [5.74, 6) is 0.444. The Morgan fingerprint density at radius 3 is 2.31 bits per heavy atom. The minimum absolute atomic E-state index is 0.0600. The lowest BCUT2D eigenvalue weighted by molar-refractivity contribution is -1.02. The lowest BCUT2D eigenvalue weighted by atomic mass is 10.1. The second kappa shape index (κ2) is 8.66. The fourth-order valence-electron chi connectivity index (χ4n) is 3.43. The number of piperazine rings is 1. The smallest absolute Gasteiger partial charge is 0.314 e. The van der Waals surface area contributed by atoms with Crippen LogP contribution in [0.1, 0.15) is 11.1 Å². The molecule has 140 valence electrons. The van der Waals surface area contributed by atoms with E-state index in [4.69, 9.17) is 4.18 Å². The molecule has 0 radical (unpaired) electrons. The molecule has 1 aliphatic heterocycles. The second-order valence-corrected chi connectivity index (χ2v) is 8.76. The molecule has 0 atom stereocenters. The summed E-state index contributed by atoms with van der Waals surface area (Å²) in [6.45, 7) is 7.92. The number of aryl methyl sites for hydroxylation is 1. The van der Waals surface area contributed by atoms with Gasteiger partial charge in [-0.15, -0.1) is 0 Å². The van der Waals surface area contributed by atoms with Crippen molar-refractivity contribution in [2.75, 3.05) is 38.5 Å². The molecule has 0 saturated carbocycles. The van der Waals surface area contributed by atoms with Crippen molar-refractivity contribution >= 4 is 10.1 Å². The summed E-state index contributed by atoms with van der Waals surface area (Å²) < 4.78 is 29.4. The van der Waals surface area contributed by atoms with Gasteiger partial charge in [0.2, 0.25) is 0 Å². The standard InChI is InChI=1S/C20H26N2O3S/c1-18-6-5-7-19(16-18)17-22-12-10-21(11-13-22)14-15-26(23,24)25-20-8-3-2-4-9-20/h2-9,16H,10-15,17H2,1H3/p+2. The quantitative estimate of drug-likeness (QED) is 0.652. The zero-order chi connectivity index (χ0) is 18.4. The van der Waals surface area contributed by atoms with Crippen molar-refractivity contribution < 1.29 is 22.4 Å². The summed E-state index contributed by atoms with van der Waals surface area (Å²) >= 11 is 0. The third-order valence-corrected chi connectivity index (χ3v) is 6.02. The van der Waals surface area contributed by atoms with E-state index in [9.17, 15) is 8.42 Å². The third-order valence-electron chi connectivity index (χ3n) is 4.87. The molecule has 0 spiro atoms. The molecule has 0 unspecified atom stereocenters. The average molecular weight is 377 g/mol. The van der Waals surface area contributed by atoms with Crippen LogP contribution in [0.2, 0.25) is 0 Å². The van der Waals surface area contributed by atoms with E-state index in [0.29, 0.717) is 12.3 Å². The molecule has 2 aromatic carbocycles. The first-order chi connectivity index (χ1) is 12.5. The Morgan fingerprint density at radius 2 is 1.62 bits per heavy atom. The summed E-state index contributed by atoms with van der Waals surface area (Å²) in [7, 11) is -3.53. The molecule has 1 saturated heterocycles. The Kier molecular flexibility index (Phi) is 6.29. The van der Waals surface area contributed by atoms with Gasteiger partial charge in [0, 0.05) is 5.56 Å². The van der Waals surface area contributed by atoms with Gasteiger partial charge in [-0.1, -0.05) is 48.0 Å². The number of benzene rings is 2. The number of para-hydroxylation sites is 1. The molecule has 1 aliphatic rings. The highest BCUT2D eigenvalue weighted by atomic mass is 32.2. The van der Waals surface area contributed by atoms with Crippen LogP contribution in [0, 0.1) is 6.92 Å². The Labute approximate surface area is 156 Å². The molecule has 0 amide bonds. The summed E-state index contributed by atoms with van der Waals surface area (Å²) in [6.07, 6.45) is 0. The maximum Gasteiger partial charge on any atom is 0.314 e. The first-order valence-corrected chi connectivity index (χ1v) is 10.8. The lowest BCUT2D eigenvalue weighted by Gasteiger charge is -2.29. The van der Waals surface area contributed by atoms with Crippen LogP contribution in [0.15, 0.2) is 54.6 Å². The van der Waals surface area contributed by atoms with Crippen LogP contribution in [-0.4, -0.2) is 46.9 Å². The molecular weight excluding hydrogens is 348 g/mol. The van der Waals surface area contributed by atoms with Gasteiger partial charge < -0.3 is 14.0 Å². The SMILES string of the molecule is Cc1cccc(C[NH+]2CC[NH+](CCS(=O)(=O)Oc3ccccc3)CC2)c1. The topological polar surface area (TPSA) is 52.2 Å². The van der Waals surface area contributed by atoms with Crippen LogP contribution < -0.4 is 14.0 Å². The molecule has 3 rings (SSSR count). The van der Waals surface area contributed by atoms with Gasteiger partial charge in [-0.3, -0.25) is 0 Å². The van der Waals surface area contributed by atoms with Gasteiger partial charge in [-0.2, -0.15) is 8.42 Å². The minimum Gasteiger partial charge on any atom is -0.382 e. The predicted octanol–water partition coefficient (Wildman–Crippen LogP) is -0.313. The Balaban J connectivity index is 1.42. The second-order valence-electron chi connectivity index (χ2n) is 7.07. The van der Waals surface area contributed by atoms with Gasteiger partial charge in [0.1, 0.15) is 44.2 Å². The van der Waals surface area contributed by atoms with E-state index in [-0.39, 0.29) is 5.75 Å². The van der Waals surface area contributed by atoms with Gasteiger partial charge in [-0.05, 0) is 19.1 Å². The Hall–Kier alpha value is -1.89. The van der Waals surface area contributed by atoms with Gasteiger partial charge in [0.15, 0.2) is 0 Å². The van der Waals surface area contributed by atoms with Crippen molar-refractivity contribution in [1.82, 2.24) is 0 Å². The Bertz CT molecular complexity index is 801. The molecule has 26 heavy (non-hydrogen) atoms. The van der Waals surface area contributed by atoms with E-state index >= 15 is 0 Å². The molecule has 5 nitrogen and oxygen atoms in total. The monoisotopic (exact) mass is 376 g/mol. The molecule has 0 aliphatic carbocycles. The summed E-state index contributed by atoms with van der Waals surface area (Å²) in [4.78, 5) is 2.92. The minimum atomic E-state index is -3.53. The van der Waals surface area contributed by atoms with Crippen molar-refractivity contribution in [3.05, 3.63) is 65.7 Å². The van der Waals surface area contributed by atoms with Crippen LogP contribution in [-0.2, 0) is 16.7 Å². The van der Waals surface area contributed by atoms with Crippen LogP contribution in [0.3, 0.4) is 0 Å². The van der Waals surface area contributed by atoms with Crippen LogP contribution in [0.5, 0.6) is 5.75 Å². The van der Waals surface area contributed by atoms with Crippen molar-refractivity contribution in [1.29, 1.82) is 0 Å². The van der Waals surface area contributed by atoms with Crippen molar-refractivity contribution in [2.24, 2.45) is 0 Å². The van der Waals surface area contributed by atoms with E-state index in [2.05, 4.69) is 31.2 Å². The Morgan fingerprint density at radius 1 is 0.923 bits per heavy atom. The summed E-state index contributed by atoms with van der Waals surface area (Å²) in [5, 5.41) is 0. The van der Waals surface area contributed by atoms with E-state index in [1.165, 1.54) is 16.0 Å². The lowest BCUT2D eigenvalue weighted by Crippen LogP contribution is -3.27. The molecule has 0 bridgehead atoms. The maximum atomic E-state index is 12.1. The highest BCUT2D eigenvalue weighted by Crippen LogP contribution is 2.11. The van der Waals surface area contributed by atoms with E-state index in [1.807, 2.05) is 6.07 Å². The van der Waals surface area contributed by atoms with E-state index < -0.39 is 10.1 Å². The van der Waals surface area contributed by atoms with Gasteiger partial charge in [-0.25, -0.2) is 0 Å². The molecule has 0 aromatic heterocycles. The number of quaternary nitrogens is 2. The molecule has 2 N–H and O–H groups in total. The van der Waals surface area contributed by atoms with Crippen LogP contribution >= 0.6 is 0 Å². The summed E-state index contributed by atoms with van der Waals surface area (Å²) in [6, 6.07) is 17.4. The van der Waals surface area contributed by atoms with Gasteiger partial charge >= 0.3 is 10.1 Å². The normalized spacial score (nSPS) is 20.7. The van der Waals surface area contributed by atoms with Crippen LogP contribution in [0.25, 0.3) is 0 Å². The van der Waals surface area contributed by atoms with Gasteiger partial charge in [0.25, 0.3) is 0 Å². The fraction of sp³-hybridized carbons (Fsp3) is 0.400. The van der Waals surface area contributed by atoms with Gasteiger partial charge in [0.05, 0.1) is 6.54 Å².